The molecule has 0 radical (unpaired) electrons. The third kappa shape index (κ3) is 5.62. The number of rotatable bonds is 8. The van der Waals surface area contributed by atoms with E-state index in [1.165, 1.54) is 23.9 Å². The van der Waals surface area contributed by atoms with Gasteiger partial charge in [0, 0.05) is 6.61 Å². The molecule has 33 heavy (non-hydrogen) atoms. The first-order chi connectivity index (χ1) is 15.9. The molecule has 2 unspecified atom stereocenters. The molecular weight excluding hydrogens is 441 g/mol. The fourth-order valence-electron chi connectivity index (χ4n) is 4.06. The molecule has 1 N–H and O–H groups in total. The molecule has 1 saturated heterocycles. The smallest absolute Gasteiger partial charge is 0.262 e. The molecule has 4 rings (SSSR count). The summed E-state index contributed by atoms with van der Waals surface area (Å²) in [6.45, 7) is 5.13. The number of halogens is 1. The first-order valence-electron chi connectivity index (χ1n) is 11.2. The van der Waals surface area contributed by atoms with E-state index in [1.54, 1.807) is 28.8 Å². The van der Waals surface area contributed by atoms with Gasteiger partial charge in [0.25, 0.3) is 5.56 Å². The Bertz CT molecular complexity index is 1170. The lowest BCUT2D eigenvalue weighted by atomic mass is 9.96. The number of ether oxygens (including phenoxy) is 1. The van der Waals surface area contributed by atoms with Gasteiger partial charge < -0.3 is 10.1 Å². The van der Waals surface area contributed by atoms with Crippen molar-refractivity contribution < 1.29 is 13.9 Å². The Kier molecular flexibility index (Phi) is 7.45. The molecule has 1 amide bonds. The van der Waals surface area contributed by atoms with Crippen molar-refractivity contribution in [2.75, 3.05) is 12.4 Å². The topological polar surface area (TPSA) is 73.2 Å². The lowest BCUT2D eigenvalue weighted by Crippen LogP contribution is -2.33. The molecule has 8 heteroatoms. The fourth-order valence-corrected chi connectivity index (χ4v) is 4.88. The Morgan fingerprint density at radius 2 is 2.00 bits per heavy atom. The van der Waals surface area contributed by atoms with E-state index in [1.807, 2.05) is 26.0 Å². The maximum absolute atomic E-state index is 13.3. The lowest BCUT2D eigenvalue weighted by Gasteiger charge is -2.23. The maximum atomic E-state index is 13.3. The Balaban J connectivity index is 1.53. The molecule has 1 fully saturated rings. The summed E-state index contributed by atoms with van der Waals surface area (Å²) in [5.41, 5.74) is 1.34. The van der Waals surface area contributed by atoms with Gasteiger partial charge in [-0.3, -0.25) is 14.2 Å². The van der Waals surface area contributed by atoms with Gasteiger partial charge in [0.1, 0.15) is 5.82 Å². The van der Waals surface area contributed by atoms with Crippen LogP contribution in [-0.2, 0) is 16.1 Å². The molecule has 0 spiro atoms. The monoisotopic (exact) mass is 469 g/mol. The number of hydrogen-bond acceptors (Lipinski definition) is 5. The number of nitrogens with one attached hydrogen (secondary N) is 1. The van der Waals surface area contributed by atoms with Crippen LogP contribution in [0, 0.1) is 11.7 Å². The minimum Gasteiger partial charge on any atom is -0.376 e. The van der Waals surface area contributed by atoms with Crippen molar-refractivity contribution in [2.45, 2.75) is 50.5 Å². The summed E-state index contributed by atoms with van der Waals surface area (Å²) < 4.78 is 20.7. The molecule has 174 valence electrons. The SMILES string of the molecule is CC(C)C(NC(=O)CSc1nc2ccccc2c(=O)n1CC1CCCO1)c1ccc(F)cc1. The van der Waals surface area contributed by atoms with Gasteiger partial charge in [-0.15, -0.1) is 0 Å². The predicted octanol–water partition coefficient (Wildman–Crippen LogP) is 4.32. The van der Waals surface area contributed by atoms with E-state index in [9.17, 15) is 14.0 Å². The molecule has 2 heterocycles. The van der Waals surface area contributed by atoms with Crippen molar-refractivity contribution in [3.8, 4) is 0 Å². The predicted molar refractivity (Wildman–Crippen MR) is 128 cm³/mol. The van der Waals surface area contributed by atoms with Crippen molar-refractivity contribution >= 4 is 28.6 Å². The normalized spacial score (nSPS) is 16.9. The Morgan fingerprint density at radius 1 is 1.24 bits per heavy atom. The average Bonchev–Trinajstić information content (AvgIpc) is 3.32. The van der Waals surface area contributed by atoms with E-state index < -0.39 is 0 Å². The number of carbonyl (C=O) groups is 1. The summed E-state index contributed by atoms with van der Waals surface area (Å²) >= 11 is 1.24. The van der Waals surface area contributed by atoms with Crippen molar-refractivity contribution in [3.05, 3.63) is 70.3 Å². The number of thioether (sulfide) groups is 1. The summed E-state index contributed by atoms with van der Waals surface area (Å²) in [4.78, 5) is 30.7. The number of hydrogen-bond donors (Lipinski definition) is 1. The number of benzene rings is 2. The summed E-state index contributed by atoms with van der Waals surface area (Å²) in [5, 5.41) is 4.11. The van der Waals surface area contributed by atoms with Crippen LogP contribution in [0.2, 0.25) is 0 Å². The molecule has 1 aromatic heterocycles. The lowest BCUT2D eigenvalue weighted by molar-refractivity contribution is -0.119. The highest BCUT2D eigenvalue weighted by Crippen LogP contribution is 2.24. The number of amides is 1. The van der Waals surface area contributed by atoms with Gasteiger partial charge in [-0.05, 0) is 48.6 Å². The number of para-hydroxylation sites is 1. The average molecular weight is 470 g/mol. The second-order valence-electron chi connectivity index (χ2n) is 8.59. The Hall–Kier alpha value is -2.71. The maximum Gasteiger partial charge on any atom is 0.262 e. The summed E-state index contributed by atoms with van der Waals surface area (Å²) in [7, 11) is 0. The van der Waals surface area contributed by atoms with Crippen LogP contribution in [0.25, 0.3) is 10.9 Å². The second-order valence-corrected chi connectivity index (χ2v) is 9.53. The Labute approximate surface area is 196 Å². The van der Waals surface area contributed by atoms with Gasteiger partial charge in [0.15, 0.2) is 5.16 Å². The van der Waals surface area contributed by atoms with E-state index in [4.69, 9.17) is 4.74 Å². The molecule has 1 aliphatic heterocycles. The number of fused-ring (bicyclic) bond motifs is 1. The quantitative estimate of drug-likeness (QED) is 0.393. The van der Waals surface area contributed by atoms with Crippen LogP contribution in [0.5, 0.6) is 0 Å². The van der Waals surface area contributed by atoms with Crippen molar-refractivity contribution in [3.63, 3.8) is 0 Å². The molecule has 1 aliphatic rings. The Morgan fingerprint density at radius 3 is 2.70 bits per heavy atom. The summed E-state index contributed by atoms with van der Waals surface area (Å²) in [6.07, 6.45) is 1.85. The zero-order valence-electron chi connectivity index (χ0n) is 18.8. The highest BCUT2D eigenvalue weighted by Gasteiger charge is 2.22. The third-order valence-electron chi connectivity index (χ3n) is 5.78. The van der Waals surface area contributed by atoms with E-state index >= 15 is 0 Å². The highest BCUT2D eigenvalue weighted by molar-refractivity contribution is 7.99. The summed E-state index contributed by atoms with van der Waals surface area (Å²) in [6, 6.07) is 13.2. The van der Waals surface area contributed by atoms with Gasteiger partial charge in [0.2, 0.25) is 5.91 Å². The standard InChI is InChI=1S/C25H28FN3O3S/c1-16(2)23(17-9-11-18(26)12-10-17)28-22(30)15-33-25-27-21-8-4-3-7-20(21)24(31)29(25)14-19-6-5-13-32-19/h3-4,7-12,16,19,23H,5-6,13-15H2,1-2H3,(H,28,30). The van der Waals surface area contributed by atoms with E-state index in [-0.39, 0.29) is 41.1 Å². The first kappa shape index (κ1) is 23.4. The number of aromatic nitrogens is 2. The second kappa shape index (κ2) is 10.5. The molecule has 2 atom stereocenters. The number of nitrogens with zero attached hydrogens (tertiary/aromatic N) is 2. The van der Waals surface area contributed by atoms with Gasteiger partial charge in [-0.1, -0.05) is 49.9 Å². The number of carbonyl (C=O) groups excluding carboxylic acids is 1. The zero-order valence-corrected chi connectivity index (χ0v) is 19.6. The minimum absolute atomic E-state index is 0.0253. The van der Waals surface area contributed by atoms with Crippen molar-refractivity contribution in [1.82, 2.24) is 14.9 Å². The van der Waals surface area contributed by atoms with Gasteiger partial charge in [-0.25, -0.2) is 9.37 Å². The van der Waals surface area contributed by atoms with Crippen LogP contribution in [-0.4, -0.2) is 33.9 Å². The van der Waals surface area contributed by atoms with Crippen LogP contribution in [0.1, 0.15) is 38.3 Å². The van der Waals surface area contributed by atoms with E-state index in [0.717, 1.165) is 18.4 Å². The van der Waals surface area contributed by atoms with Crippen LogP contribution in [0.4, 0.5) is 4.39 Å². The summed E-state index contributed by atoms with van der Waals surface area (Å²) in [5.74, 6) is -0.245. The molecule has 3 aromatic rings. The molecule has 0 saturated carbocycles. The van der Waals surface area contributed by atoms with Gasteiger partial charge >= 0.3 is 0 Å². The third-order valence-corrected chi connectivity index (χ3v) is 6.76. The van der Waals surface area contributed by atoms with Crippen LogP contribution >= 0.6 is 11.8 Å². The van der Waals surface area contributed by atoms with E-state index in [2.05, 4.69) is 10.3 Å². The van der Waals surface area contributed by atoms with Gasteiger partial charge in [0.05, 0.1) is 35.3 Å². The minimum atomic E-state index is -0.310. The molecule has 0 bridgehead atoms. The molecule has 6 nitrogen and oxygen atoms in total. The molecule has 0 aliphatic carbocycles. The zero-order chi connectivity index (χ0) is 23.4. The largest absolute Gasteiger partial charge is 0.376 e. The van der Waals surface area contributed by atoms with Gasteiger partial charge in [-0.2, -0.15) is 0 Å². The van der Waals surface area contributed by atoms with Crippen LogP contribution in [0.3, 0.4) is 0 Å². The van der Waals surface area contributed by atoms with Crippen LogP contribution < -0.4 is 10.9 Å². The van der Waals surface area contributed by atoms with Crippen molar-refractivity contribution in [2.24, 2.45) is 5.92 Å². The fraction of sp³-hybridized carbons (Fsp3) is 0.400. The van der Waals surface area contributed by atoms with Crippen molar-refractivity contribution in [1.29, 1.82) is 0 Å². The highest BCUT2D eigenvalue weighted by atomic mass is 32.2. The van der Waals surface area contributed by atoms with Crippen LogP contribution in [0.15, 0.2) is 58.5 Å². The first-order valence-corrected chi connectivity index (χ1v) is 12.2. The molecular formula is C25H28FN3O3S. The van der Waals surface area contributed by atoms with E-state index in [0.29, 0.717) is 29.2 Å². The molecule has 2 aromatic carbocycles.